The Morgan fingerprint density at radius 3 is 1.34 bits per heavy atom. The quantitative estimate of drug-likeness (QED) is 0.154. The summed E-state index contributed by atoms with van der Waals surface area (Å²) in [5, 5.41) is 59.9. The van der Waals surface area contributed by atoms with Gasteiger partial charge >= 0.3 is 11.3 Å². The van der Waals surface area contributed by atoms with Crippen LogP contribution in [0.1, 0.15) is 60.0 Å². The zero-order valence-electron chi connectivity index (χ0n) is 22.1. The molecule has 10 heteroatoms. The van der Waals surface area contributed by atoms with E-state index in [0.717, 1.165) is 0 Å². The summed E-state index contributed by atoms with van der Waals surface area (Å²) in [6.07, 6.45) is 5.95. The van der Waals surface area contributed by atoms with Crippen LogP contribution in [0.3, 0.4) is 0 Å². The molecule has 2 aromatic carbocycles. The Bertz CT molecular complexity index is 1630. The van der Waals surface area contributed by atoms with Crippen LogP contribution in [0.15, 0.2) is 67.0 Å². The molecule has 0 saturated heterocycles. The van der Waals surface area contributed by atoms with Crippen LogP contribution in [0.2, 0.25) is 0 Å². The first-order chi connectivity index (χ1) is 19.4. The summed E-state index contributed by atoms with van der Waals surface area (Å²) in [5.41, 5.74) is -1.30. The fraction of sp³-hybridized carbons (Fsp3) is 0.161. The van der Waals surface area contributed by atoms with Crippen LogP contribution >= 0.6 is 0 Å². The summed E-state index contributed by atoms with van der Waals surface area (Å²) >= 11 is 0. The summed E-state index contributed by atoms with van der Waals surface area (Å²) in [6.45, 7) is 3.69. The van der Waals surface area contributed by atoms with Gasteiger partial charge in [-0.2, -0.15) is 0 Å². The Morgan fingerprint density at radius 1 is 0.585 bits per heavy atom. The Morgan fingerprint density at radius 2 is 1.00 bits per heavy atom. The minimum Gasteiger partial charge on any atom is -0.507 e. The lowest BCUT2D eigenvalue weighted by Crippen LogP contribution is -2.21. The van der Waals surface area contributed by atoms with E-state index in [1.54, 1.807) is 0 Å². The van der Waals surface area contributed by atoms with Crippen molar-refractivity contribution in [2.24, 2.45) is 5.92 Å². The van der Waals surface area contributed by atoms with Gasteiger partial charge in [0.1, 0.15) is 23.0 Å². The predicted octanol–water partition coefficient (Wildman–Crippen LogP) is 5.35. The van der Waals surface area contributed by atoms with Gasteiger partial charge in [-0.1, -0.05) is 38.1 Å². The van der Waals surface area contributed by atoms with E-state index in [4.69, 9.17) is 8.83 Å². The van der Waals surface area contributed by atoms with E-state index in [1.165, 1.54) is 72.8 Å². The molecule has 2 heterocycles. The number of hydrogen-bond acceptors (Lipinski definition) is 10. The minimum atomic E-state index is -1.05. The molecule has 0 radical (unpaired) electrons. The summed E-state index contributed by atoms with van der Waals surface area (Å²) in [7, 11) is 0. The van der Waals surface area contributed by atoms with Crippen molar-refractivity contribution in [3.05, 3.63) is 103 Å². The van der Waals surface area contributed by atoms with Gasteiger partial charge in [0.25, 0.3) is 0 Å². The SMILES string of the molecule is CC(C)CC(c1c(O)cc(/C=C/c2ccc(O)c(O)c2)oc1=O)c1c(O)cc(/C=C/c2ccc(O)c(O)c2)oc1=O. The molecule has 0 amide bonds. The topological polar surface area (TPSA) is 182 Å². The lowest BCUT2D eigenvalue weighted by Gasteiger charge is -2.19. The van der Waals surface area contributed by atoms with Crippen LogP contribution in [-0.2, 0) is 0 Å². The molecule has 41 heavy (non-hydrogen) atoms. The number of aromatic hydroxyl groups is 6. The smallest absolute Gasteiger partial charge is 0.343 e. The maximum atomic E-state index is 13.1. The fourth-order valence-electron chi connectivity index (χ4n) is 4.32. The van der Waals surface area contributed by atoms with E-state index >= 15 is 0 Å². The second-order valence-electron chi connectivity index (χ2n) is 9.82. The van der Waals surface area contributed by atoms with Gasteiger partial charge in [0.15, 0.2) is 23.0 Å². The fourth-order valence-corrected chi connectivity index (χ4v) is 4.32. The summed E-state index contributed by atoms with van der Waals surface area (Å²) in [5.74, 6) is -3.28. The molecule has 0 spiro atoms. The number of benzene rings is 2. The van der Waals surface area contributed by atoms with E-state index in [-0.39, 0.29) is 58.0 Å². The van der Waals surface area contributed by atoms with E-state index in [1.807, 2.05) is 13.8 Å². The Balaban J connectivity index is 1.70. The standard InChI is InChI=1S/C31H28O10/c1-16(2)11-21(28-26(36)14-19(40-30(28)38)7-3-17-5-9-22(32)24(34)12-17)29-27(37)15-20(41-31(29)39)8-4-18-6-10-23(33)25(35)13-18/h3-10,12-16,21,32-37H,11H2,1-2H3/b7-3+,8-4+. The van der Waals surface area contributed by atoms with Gasteiger partial charge < -0.3 is 39.5 Å². The van der Waals surface area contributed by atoms with Gasteiger partial charge in [-0.15, -0.1) is 0 Å². The van der Waals surface area contributed by atoms with Crippen molar-refractivity contribution in [2.45, 2.75) is 26.2 Å². The van der Waals surface area contributed by atoms with Crippen molar-refractivity contribution in [3.63, 3.8) is 0 Å². The third-order valence-electron chi connectivity index (χ3n) is 6.25. The lowest BCUT2D eigenvalue weighted by atomic mass is 9.85. The molecular formula is C31H28O10. The van der Waals surface area contributed by atoms with Crippen molar-refractivity contribution in [2.75, 3.05) is 0 Å². The van der Waals surface area contributed by atoms with E-state index in [0.29, 0.717) is 11.1 Å². The van der Waals surface area contributed by atoms with Crippen LogP contribution in [0.5, 0.6) is 34.5 Å². The first-order valence-electron chi connectivity index (χ1n) is 12.6. The zero-order valence-corrected chi connectivity index (χ0v) is 22.1. The molecule has 0 saturated carbocycles. The van der Waals surface area contributed by atoms with Gasteiger partial charge in [0, 0.05) is 18.1 Å². The summed E-state index contributed by atoms with van der Waals surface area (Å²) in [4.78, 5) is 26.1. The second-order valence-corrected chi connectivity index (χ2v) is 9.82. The molecule has 0 atom stereocenters. The van der Waals surface area contributed by atoms with Crippen LogP contribution in [0, 0.1) is 5.92 Å². The number of hydrogen-bond donors (Lipinski definition) is 6. The molecule has 0 bridgehead atoms. The normalized spacial score (nSPS) is 11.8. The van der Waals surface area contributed by atoms with Crippen LogP contribution in [-0.4, -0.2) is 30.6 Å². The molecule has 0 aliphatic heterocycles. The first kappa shape index (κ1) is 28.6. The lowest BCUT2D eigenvalue weighted by molar-refractivity contribution is 0.395. The number of rotatable bonds is 8. The monoisotopic (exact) mass is 560 g/mol. The molecule has 212 valence electrons. The summed E-state index contributed by atoms with van der Waals surface area (Å²) in [6, 6.07) is 10.6. The highest BCUT2D eigenvalue weighted by atomic mass is 16.4. The van der Waals surface area contributed by atoms with Crippen LogP contribution in [0.25, 0.3) is 24.3 Å². The molecule has 6 N–H and O–H groups in total. The first-order valence-corrected chi connectivity index (χ1v) is 12.6. The molecule has 0 aliphatic rings. The largest absolute Gasteiger partial charge is 0.507 e. The maximum absolute atomic E-state index is 13.1. The van der Waals surface area contributed by atoms with E-state index in [9.17, 15) is 40.2 Å². The highest BCUT2D eigenvalue weighted by molar-refractivity contribution is 5.70. The highest BCUT2D eigenvalue weighted by Crippen LogP contribution is 2.37. The van der Waals surface area contributed by atoms with Crippen molar-refractivity contribution < 1.29 is 39.5 Å². The molecule has 4 aromatic rings. The molecule has 2 aromatic heterocycles. The predicted molar refractivity (Wildman–Crippen MR) is 152 cm³/mol. The maximum Gasteiger partial charge on any atom is 0.343 e. The van der Waals surface area contributed by atoms with Crippen molar-refractivity contribution in [1.82, 2.24) is 0 Å². The van der Waals surface area contributed by atoms with Crippen LogP contribution < -0.4 is 11.3 Å². The molecule has 0 aliphatic carbocycles. The Hall–Kier alpha value is -5.38. The van der Waals surface area contributed by atoms with Crippen molar-refractivity contribution in [3.8, 4) is 34.5 Å². The number of phenols is 4. The van der Waals surface area contributed by atoms with Gasteiger partial charge in [-0.3, -0.25) is 0 Å². The van der Waals surface area contributed by atoms with Gasteiger partial charge in [-0.05, 0) is 59.9 Å². The van der Waals surface area contributed by atoms with Crippen molar-refractivity contribution in [1.29, 1.82) is 0 Å². The highest BCUT2D eigenvalue weighted by Gasteiger charge is 2.30. The Kier molecular flexibility index (Phi) is 8.23. The van der Waals surface area contributed by atoms with Crippen molar-refractivity contribution >= 4 is 24.3 Å². The third kappa shape index (κ3) is 6.62. The average Bonchev–Trinajstić information content (AvgIpc) is 2.89. The van der Waals surface area contributed by atoms with E-state index in [2.05, 4.69) is 0 Å². The van der Waals surface area contributed by atoms with Gasteiger partial charge in [0.05, 0.1) is 11.1 Å². The van der Waals surface area contributed by atoms with Gasteiger partial charge in [0.2, 0.25) is 0 Å². The number of phenolic OH excluding ortho intramolecular Hbond substituents is 4. The second kappa shape index (κ2) is 11.8. The third-order valence-corrected chi connectivity index (χ3v) is 6.25. The minimum absolute atomic E-state index is 0.0101. The molecule has 4 rings (SSSR count). The average molecular weight is 561 g/mol. The molecule has 0 fully saturated rings. The molecule has 10 nitrogen and oxygen atoms in total. The zero-order chi connectivity index (χ0) is 29.8. The summed E-state index contributed by atoms with van der Waals surface area (Å²) < 4.78 is 10.8. The molecule has 0 unspecified atom stereocenters. The van der Waals surface area contributed by atoms with E-state index < -0.39 is 28.7 Å². The Labute approximate surface area is 233 Å². The van der Waals surface area contributed by atoms with Crippen LogP contribution in [0.4, 0.5) is 0 Å². The molecular weight excluding hydrogens is 532 g/mol. The van der Waals surface area contributed by atoms with Gasteiger partial charge in [-0.25, -0.2) is 9.59 Å².